The van der Waals surface area contributed by atoms with Crippen LogP contribution in [0.25, 0.3) is 17.3 Å². The van der Waals surface area contributed by atoms with Gasteiger partial charge in [0.05, 0.1) is 11.4 Å². The van der Waals surface area contributed by atoms with Crippen LogP contribution in [0, 0.1) is 17.8 Å². The maximum Gasteiger partial charge on any atom is 0.328 e. The van der Waals surface area contributed by atoms with Gasteiger partial charge < -0.3 is 9.84 Å². The van der Waals surface area contributed by atoms with Crippen LogP contribution in [-0.2, 0) is 16.8 Å². The van der Waals surface area contributed by atoms with Crippen molar-refractivity contribution < 1.29 is 14.6 Å². The van der Waals surface area contributed by atoms with Crippen LogP contribution in [0.5, 0.6) is 5.75 Å². The van der Waals surface area contributed by atoms with Crippen LogP contribution in [-0.4, -0.2) is 21.3 Å². The lowest BCUT2D eigenvalue weighted by Crippen LogP contribution is -2.48. The van der Waals surface area contributed by atoms with Gasteiger partial charge in [-0.15, -0.1) is 5.10 Å². The molecule has 0 aliphatic heterocycles. The van der Waals surface area contributed by atoms with E-state index in [1.165, 1.54) is 55.7 Å². The third-order valence-electron chi connectivity index (χ3n) is 8.20. The molecule has 4 aliphatic rings. The van der Waals surface area contributed by atoms with Crippen LogP contribution in [0.15, 0.2) is 66.7 Å². The molecule has 1 N–H and O–H groups in total. The van der Waals surface area contributed by atoms with Crippen molar-refractivity contribution in [1.82, 2.24) is 10.2 Å². The molecule has 4 saturated carbocycles. The molecule has 1 heterocycles. The maximum absolute atomic E-state index is 10.8. The second-order valence-electron chi connectivity index (χ2n) is 10.7. The summed E-state index contributed by atoms with van der Waals surface area (Å²) in [7, 11) is 0. The number of nitrogens with zero attached hydrogens (tertiary/aromatic N) is 2. The van der Waals surface area contributed by atoms with Crippen molar-refractivity contribution in [2.45, 2.75) is 50.5 Å². The lowest BCUT2D eigenvalue weighted by Gasteiger charge is -2.57. The van der Waals surface area contributed by atoms with Crippen molar-refractivity contribution >= 4 is 12.0 Å². The van der Waals surface area contributed by atoms with Crippen molar-refractivity contribution in [2.24, 2.45) is 17.8 Å². The summed E-state index contributed by atoms with van der Waals surface area (Å²) >= 11 is 0. The van der Waals surface area contributed by atoms with E-state index < -0.39 is 5.97 Å². The Morgan fingerprint density at radius 3 is 2.29 bits per heavy atom. The molecule has 35 heavy (non-hydrogen) atoms. The summed E-state index contributed by atoms with van der Waals surface area (Å²) in [4.78, 5) is 10.8. The fourth-order valence-corrected chi connectivity index (χ4v) is 7.15. The molecule has 5 nitrogen and oxygen atoms in total. The van der Waals surface area contributed by atoms with E-state index in [0.717, 1.165) is 40.8 Å². The van der Waals surface area contributed by atoms with Crippen LogP contribution in [0.4, 0.5) is 0 Å². The Bertz CT molecular complexity index is 1220. The van der Waals surface area contributed by atoms with Gasteiger partial charge in [-0.3, -0.25) is 0 Å². The van der Waals surface area contributed by atoms with E-state index in [4.69, 9.17) is 9.84 Å². The predicted octanol–water partition coefficient (Wildman–Crippen LogP) is 6.29. The summed E-state index contributed by atoms with van der Waals surface area (Å²) in [6.07, 6.45) is 10.5. The monoisotopic (exact) mass is 466 g/mol. The predicted molar refractivity (Wildman–Crippen MR) is 135 cm³/mol. The van der Waals surface area contributed by atoms with Gasteiger partial charge in [0.25, 0.3) is 0 Å². The molecule has 0 saturated heterocycles. The minimum Gasteiger partial charge on any atom is -0.489 e. The molecule has 4 aliphatic carbocycles. The zero-order chi connectivity index (χ0) is 23.8. The van der Waals surface area contributed by atoms with Gasteiger partial charge in [-0.25, -0.2) is 4.79 Å². The fraction of sp³-hybridized carbons (Fsp3) is 0.367. The van der Waals surface area contributed by atoms with Gasteiger partial charge in [0.2, 0.25) is 0 Å². The van der Waals surface area contributed by atoms with E-state index in [1.54, 1.807) is 0 Å². The van der Waals surface area contributed by atoms with Crippen molar-refractivity contribution in [3.05, 3.63) is 83.6 Å². The lowest BCUT2D eigenvalue weighted by atomic mass is 9.48. The number of rotatable bonds is 7. The molecule has 3 aromatic rings. The third kappa shape index (κ3) is 4.47. The first-order valence-electron chi connectivity index (χ1n) is 12.6. The topological polar surface area (TPSA) is 72.3 Å². The minimum absolute atomic E-state index is 0.189. The molecule has 7 rings (SSSR count). The van der Waals surface area contributed by atoms with Crippen molar-refractivity contribution in [1.29, 1.82) is 0 Å². The second kappa shape index (κ2) is 8.95. The molecule has 1 aromatic heterocycles. The summed E-state index contributed by atoms with van der Waals surface area (Å²) in [5.74, 6) is 2.52. The summed E-state index contributed by atoms with van der Waals surface area (Å²) < 4.78 is 6.48. The summed E-state index contributed by atoms with van der Waals surface area (Å²) in [5.41, 5.74) is 5.04. The van der Waals surface area contributed by atoms with Gasteiger partial charge in [-0.1, -0.05) is 30.3 Å². The fourth-order valence-electron chi connectivity index (χ4n) is 7.15. The van der Waals surface area contributed by atoms with Crippen LogP contribution < -0.4 is 4.74 Å². The number of aliphatic carboxylic acids is 1. The quantitative estimate of drug-likeness (QED) is 0.414. The third-order valence-corrected chi connectivity index (χ3v) is 8.20. The SMILES string of the molecule is O=C(O)/C=C/c1ccc(-c2ccc(OCc3ccccc3)c(C34CC5CC(CC(C5)C3)C4)c2)nn1. The molecule has 5 heteroatoms. The molecule has 0 atom stereocenters. The first-order valence-corrected chi connectivity index (χ1v) is 12.6. The minimum atomic E-state index is -0.998. The maximum atomic E-state index is 10.8. The average Bonchev–Trinajstić information content (AvgIpc) is 2.86. The highest BCUT2D eigenvalue weighted by Gasteiger charge is 2.52. The number of carboxylic acids is 1. The molecule has 0 amide bonds. The molecule has 178 valence electrons. The van der Waals surface area contributed by atoms with Gasteiger partial charge in [-0.2, -0.15) is 5.10 Å². The summed E-state index contributed by atoms with van der Waals surface area (Å²) in [6, 6.07) is 20.6. The van der Waals surface area contributed by atoms with E-state index in [0.29, 0.717) is 12.3 Å². The number of hydrogen-bond acceptors (Lipinski definition) is 4. The Kier molecular flexibility index (Phi) is 5.63. The van der Waals surface area contributed by atoms with E-state index in [2.05, 4.69) is 52.7 Å². The average molecular weight is 467 g/mol. The van der Waals surface area contributed by atoms with Crippen LogP contribution >= 0.6 is 0 Å². The Morgan fingerprint density at radius 1 is 0.943 bits per heavy atom. The lowest BCUT2D eigenvalue weighted by molar-refractivity contribution is -0.131. The first kappa shape index (κ1) is 22.0. The molecule has 0 spiro atoms. The Balaban J connectivity index is 1.35. The zero-order valence-electron chi connectivity index (χ0n) is 19.8. The van der Waals surface area contributed by atoms with Crippen molar-refractivity contribution in [3.8, 4) is 17.0 Å². The number of hydrogen-bond donors (Lipinski definition) is 1. The van der Waals surface area contributed by atoms with Crippen LogP contribution in [0.3, 0.4) is 0 Å². The van der Waals surface area contributed by atoms with E-state index in [-0.39, 0.29) is 5.41 Å². The van der Waals surface area contributed by atoms with Crippen LogP contribution in [0.2, 0.25) is 0 Å². The molecular weight excluding hydrogens is 436 g/mol. The summed E-state index contributed by atoms with van der Waals surface area (Å²) in [6.45, 7) is 0.559. The zero-order valence-corrected chi connectivity index (χ0v) is 19.8. The normalized spacial score (nSPS) is 26.8. The molecule has 4 bridgehead atoms. The Labute approximate surface area is 205 Å². The standard InChI is InChI=1S/C30H30N2O3/c33-29(34)11-8-25-7-9-27(32-31-25)24-6-10-28(35-19-20-4-2-1-3-5-20)26(15-24)30-16-21-12-22(17-30)14-23(13-21)18-30/h1-11,15,21-23H,12-14,16-19H2,(H,33,34)/b11-8+. The van der Waals surface area contributed by atoms with Crippen molar-refractivity contribution in [2.75, 3.05) is 0 Å². The number of carboxylic acid groups (broad SMARTS) is 1. The molecule has 4 fully saturated rings. The van der Waals surface area contributed by atoms with E-state index in [9.17, 15) is 4.79 Å². The van der Waals surface area contributed by atoms with Gasteiger partial charge in [0, 0.05) is 17.2 Å². The smallest absolute Gasteiger partial charge is 0.328 e. The van der Waals surface area contributed by atoms with Gasteiger partial charge in [0.15, 0.2) is 0 Å². The molecular formula is C30H30N2O3. The van der Waals surface area contributed by atoms with Gasteiger partial charge in [-0.05, 0) is 104 Å². The second-order valence-corrected chi connectivity index (χ2v) is 10.7. The summed E-state index contributed by atoms with van der Waals surface area (Å²) in [5, 5.41) is 17.5. The number of ether oxygens (including phenoxy) is 1. The first-order chi connectivity index (χ1) is 17.1. The number of aromatic nitrogens is 2. The van der Waals surface area contributed by atoms with Crippen molar-refractivity contribution in [3.63, 3.8) is 0 Å². The van der Waals surface area contributed by atoms with Crippen LogP contribution in [0.1, 0.15) is 55.3 Å². The van der Waals surface area contributed by atoms with E-state index >= 15 is 0 Å². The molecule has 0 unspecified atom stereocenters. The molecule has 2 aromatic carbocycles. The highest BCUT2D eigenvalue weighted by Crippen LogP contribution is 2.62. The number of benzene rings is 2. The Hall–Kier alpha value is -3.47. The largest absolute Gasteiger partial charge is 0.489 e. The van der Waals surface area contributed by atoms with E-state index in [1.807, 2.05) is 18.2 Å². The van der Waals surface area contributed by atoms with Gasteiger partial charge in [0.1, 0.15) is 12.4 Å². The van der Waals surface area contributed by atoms with Gasteiger partial charge >= 0.3 is 5.97 Å². The number of carbonyl (C=O) groups is 1. The molecule has 0 radical (unpaired) electrons. The Morgan fingerprint density at radius 2 is 1.66 bits per heavy atom. The highest BCUT2D eigenvalue weighted by molar-refractivity contribution is 5.84. The highest BCUT2D eigenvalue weighted by atomic mass is 16.5.